The number of methoxy groups -OCH3 is 1. The zero-order chi connectivity index (χ0) is 15.5. The Morgan fingerprint density at radius 3 is 2.91 bits per heavy atom. The maximum absolute atomic E-state index is 5.38. The van der Waals surface area contributed by atoms with Gasteiger partial charge in [-0.15, -0.1) is 0 Å². The monoisotopic (exact) mass is 293 g/mol. The van der Waals surface area contributed by atoms with Crippen molar-refractivity contribution in [2.45, 2.75) is 26.3 Å². The molecule has 0 fully saturated rings. The van der Waals surface area contributed by atoms with E-state index >= 15 is 0 Å². The van der Waals surface area contributed by atoms with Gasteiger partial charge in [0.1, 0.15) is 5.75 Å². The Kier molecular flexibility index (Phi) is 3.88. The smallest absolute Gasteiger partial charge is 0.120 e. The van der Waals surface area contributed by atoms with Crippen molar-refractivity contribution in [1.82, 2.24) is 9.55 Å². The molecular formula is C18H19N3O. The minimum absolute atomic E-state index is 0.793. The molecular weight excluding hydrogens is 274 g/mol. The van der Waals surface area contributed by atoms with Gasteiger partial charge in [0.2, 0.25) is 0 Å². The first-order valence-corrected chi connectivity index (χ1v) is 7.36. The topological polar surface area (TPSA) is 53.1 Å². The van der Waals surface area contributed by atoms with Gasteiger partial charge >= 0.3 is 0 Å². The Balaban J connectivity index is 2.20. The highest BCUT2D eigenvalue weighted by atomic mass is 16.5. The van der Waals surface area contributed by atoms with Crippen LogP contribution in [0.4, 0.5) is 0 Å². The zero-order valence-electron chi connectivity index (χ0n) is 12.9. The zero-order valence-corrected chi connectivity index (χ0v) is 12.9. The highest BCUT2D eigenvalue weighted by Crippen LogP contribution is 2.32. The predicted molar refractivity (Wildman–Crippen MR) is 89.7 cm³/mol. The first kappa shape index (κ1) is 14.3. The number of hydrogen-bond donors (Lipinski definition) is 1. The van der Waals surface area contributed by atoms with E-state index in [9.17, 15) is 0 Å². The average Bonchev–Trinajstić information content (AvgIpc) is 2.86. The van der Waals surface area contributed by atoms with E-state index in [0.717, 1.165) is 30.8 Å². The second-order valence-electron chi connectivity index (χ2n) is 5.25. The third kappa shape index (κ3) is 2.35. The third-order valence-electron chi connectivity index (χ3n) is 3.95. The molecule has 4 nitrogen and oxygen atoms in total. The van der Waals surface area contributed by atoms with E-state index in [2.05, 4.69) is 46.6 Å². The summed E-state index contributed by atoms with van der Waals surface area (Å²) in [4.78, 5) is 4.45. The van der Waals surface area contributed by atoms with Crippen molar-refractivity contribution < 1.29 is 4.74 Å². The Morgan fingerprint density at radius 2 is 2.14 bits per heavy atom. The number of rotatable bonds is 4. The molecule has 22 heavy (non-hydrogen) atoms. The third-order valence-corrected chi connectivity index (χ3v) is 3.95. The normalized spacial score (nSPS) is 10.6. The highest BCUT2D eigenvalue weighted by Gasteiger charge is 2.13. The van der Waals surface area contributed by atoms with E-state index in [4.69, 9.17) is 10.5 Å². The first-order valence-electron chi connectivity index (χ1n) is 7.36. The largest absolute Gasteiger partial charge is 0.497 e. The fourth-order valence-electron chi connectivity index (χ4n) is 2.96. The molecule has 0 saturated heterocycles. The van der Waals surface area contributed by atoms with Crippen LogP contribution in [0.15, 0.2) is 30.5 Å². The van der Waals surface area contributed by atoms with Gasteiger partial charge in [-0.1, -0.05) is 5.92 Å². The molecule has 2 heterocycles. The molecule has 2 N–H and O–H groups in total. The number of benzene rings is 1. The van der Waals surface area contributed by atoms with Crippen LogP contribution in [0.3, 0.4) is 0 Å². The van der Waals surface area contributed by atoms with Gasteiger partial charge in [0, 0.05) is 42.0 Å². The quantitative estimate of drug-likeness (QED) is 0.456. The molecule has 0 unspecified atom stereocenters. The van der Waals surface area contributed by atoms with Crippen LogP contribution in [0, 0.1) is 18.9 Å². The van der Waals surface area contributed by atoms with Crippen molar-refractivity contribution in [3.8, 4) is 17.7 Å². The van der Waals surface area contributed by atoms with Crippen molar-refractivity contribution in [2.75, 3.05) is 7.11 Å². The lowest BCUT2D eigenvalue weighted by atomic mass is 10.1. The number of aromatic nitrogens is 2. The van der Waals surface area contributed by atoms with Crippen LogP contribution in [0.1, 0.15) is 18.5 Å². The van der Waals surface area contributed by atoms with Gasteiger partial charge in [-0.2, -0.15) is 0 Å². The lowest BCUT2D eigenvalue weighted by Crippen LogP contribution is -1.99. The average molecular weight is 293 g/mol. The summed E-state index contributed by atoms with van der Waals surface area (Å²) in [5, 5.41) is 2.46. The number of hydrogen-bond acceptors (Lipinski definition) is 3. The van der Waals surface area contributed by atoms with Crippen molar-refractivity contribution in [1.29, 1.82) is 0 Å². The molecule has 4 heteroatoms. The Bertz CT molecular complexity index is 884. The summed E-state index contributed by atoms with van der Waals surface area (Å²) in [6.45, 7) is 2.93. The predicted octanol–water partition coefficient (Wildman–Crippen LogP) is 3.21. The van der Waals surface area contributed by atoms with E-state index in [0.29, 0.717) is 0 Å². The molecule has 0 amide bonds. The van der Waals surface area contributed by atoms with E-state index in [1.54, 1.807) is 7.11 Å². The number of ether oxygens (including phenoxy) is 1. The molecule has 0 atom stereocenters. The van der Waals surface area contributed by atoms with Crippen LogP contribution in [-0.4, -0.2) is 16.7 Å². The van der Waals surface area contributed by atoms with E-state index in [1.165, 1.54) is 21.8 Å². The summed E-state index contributed by atoms with van der Waals surface area (Å²) in [7, 11) is 1.69. The number of aryl methyl sites for hydroxylation is 2. The maximum atomic E-state index is 5.38. The summed E-state index contributed by atoms with van der Waals surface area (Å²) in [6.07, 6.45) is 3.61. The number of unbranched alkanes of at least 4 members (excludes halogenated alkanes) is 1. The Morgan fingerprint density at radius 1 is 1.27 bits per heavy atom. The van der Waals surface area contributed by atoms with Crippen LogP contribution >= 0.6 is 0 Å². The standard InChI is InChI=1S/C18H19N3O/c1-13-18-16(8-10-20-13)15-7-6-14(22-2)12-17(15)21(18)11-5-3-4-9-19/h6-8,10,12H,3,5,11,19H2,1-2H3. The summed E-state index contributed by atoms with van der Waals surface area (Å²) in [5.74, 6) is 3.78. The molecule has 1 aromatic carbocycles. The molecule has 0 saturated carbocycles. The van der Waals surface area contributed by atoms with Gasteiger partial charge in [-0.25, -0.2) is 0 Å². The fraction of sp³-hybridized carbons (Fsp3) is 0.278. The molecule has 0 aliphatic heterocycles. The molecule has 3 aromatic rings. The second kappa shape index (κ2) is 5.98. The molecule has 0 aliphatic carbocycles. The van der Waals surface area contributed by atoms with Gasteiger partial charge in [0.05, 0.1) is 23.8 Å². The summed E-state index contributed by atoms with van der Waals surface area (Å²) < 4.78 is 7.69. The molecule has 0 spiro atoms. The first-order chi connectivity index (χ1) is 10.8. The summed E-state index contributed by atoms with van der Waals surface area (Å²) in [5.41, 5.74) is 8.63. The molecule has 0 aliphatic rings. The Hall–Kier alpha value is -2.67. The van der Waals surface area contributed by atoms with Crippen molar-refractivity contribution in [2.24, 2.45) is 5.73 Å². The molecule has 112 valence electrons. The maximum Gasteiger partial charge on any atom is 0.120 e. The van der Waals surface area contributed by atoms with Crippen LogP contribution in [-0.2, 0) is 6.54 Å². The van der Waals surface area contributed by atoms with Gasteiger partial charge in [-0.3, -0.25) is 4.98 Å². The highest BCUT2D eigenvalue weighted by molar-refractivity contribution is 6.09. The minimum atomic E-state index is 0.793. The van der Waals surface area contributed by atoms with Gasteiger partial charge in [-0.05, 0) is 31.5 Å². The number of nitrogens with two attached hydrogens (primary N) is 1. The summed E-state index contributed by atoms with van der Waals surface area (Å²) in [6, 6.07) is 10.7. The SMILES string of the molecule is COc1ccc2c3ccnc(C)c3n(CCCC#CN)c2c1. The Labute approximate surface area is 129 Å². The van der Waals surface area contributed by atoms with Gasteiger partial charge in [0.25, 0.3) is 0 Å². The molecule has 3 rings (SSSR count). The molecule has 0 radical (unpaired) electrons. The van der Waals surface area contributed by atoms with Crippen molar-refractivity contribution >= 4 is 21.8 Å². The number of nitrogens with zero attached hydrogens (tertiary/aromatic N) is 2. The van der Waals surface area contributed by atoms with E-state index in [-0.39, 0.29) is 0 Å². The van der Waals surface area contributed by atoms with Crippen LogP contribution < -0.4 is 10.5 Å². The molecule has 0 bridgehead atoms. The van der Waals surface area contributed by atoms with Crippen molar-refractivity contribution in [3.05, 3.63) is 36.2 Å². The van der Waals surface area contributed by atoms with E-state index < -0.39 is 0 Å². The van der Waals surface area contributed by atoms with Gasteiger partial charge < -0.3 is 15.0 Å². The van der Waals surface area contributed by atoms with Gasteiger partial charge in [0.15, 0.2) is 0 Å². The van der Waals surface area contributed by atoms with Crippen LogP contribution in [0.5, 0.6) is 5.75 Å². The summed E-state index contributed by atoms with van der Waals surface area (Å²) >= 11 is 0. The number of fused-ring (bicyclic) bond motifs is 3. The van der Waals surface area contributed by atoms with Crippen molar-refractivity contribution in [3.63, 3.8) is 0 Å². The minimum Gasteiger partial charge on any atom is -0.497 e. The second-order valence-corrected chi connectivity index (χ2v) is 5.25. The fourth-order valence-corrected chi connectivity index (χ4v) is 2.96. The van der Waals surface area contributed by atoms with Crippen LogP contribution in [0.25, 0.3) is 21.8 Å². The number of pyridine rings is 1. The lowest BCUT2D eigenvalue weighted by Gasteiger charge is -2.08. The van der Waals surface area contributed by atoms with Crippen LogP contribution in [0.2, 0.25) is 0 Å². The van der Waals surface area contributed by atoms with E-state index in [1.807, 2.05) is 12.3 Å². The molecule has 2 aromatic heterocycles. The lowest BCUT2D eigenvalue weighted by molar-refractivity contribution is 0.415.